The highest BCUT2D eigenvalue weighted by Gasteiger charge is 2.15. The van der Waals surface area contributed by atoms with Gasteiger partial charge in [0.05, 0.1) is 6.10 Å². The molecule has 1 aliphatic rings. The molecule has 0 bridgehead atoms. The molecule has 1 nitrogen and oxygen atoms in total. The van der Waals surface area contributed by atoms with E-state index in [0.29, 0.717) is 4.58 Å². The van der Waals surface area contributed by atoms with Crippen molar-refractivity contribution in [3.05, 3.63) is 0 Å². The summed E-state index contributed by atoms with van der Waals surface area (Å²) < 4.78 is 0.693. The van der Waals surface area contributed by atoms with E-state index in [1.165, 1.54) is 0 Å². The van der Waals surface area contributed by atoms with Crippen molar-refractivity contribution in [2.75, 3.05) is 11.5 Å². The van der Waals surface area contributed by atoms with Crippen LogP contribution in [0, 0.1) is 0 Å². The van der Waals surface area contributed by atoms with Crippen molar-refractivity contribution in [3.63, 3.8) is 0 Å². The highest BCUT2D eigenvalue weighted by atomic mass is 32.2. The second-order valence-electron chi connectivity index (χ2n) is 1.89. The molecule has 0 aromatic heterocycles. The van der Waals surface area contributed by atoms with E-state index >= 15 is 0 Å². The Balaban J connectivity index is 2.19. The van der Waals surface area contributed by atoms with Gasteiger partial charge in [-0.05, 0) is 6.92 Å². The normalized spacial score (nSPS) is 39.8. The summed E-state index contributed by atoms with van der Waals surface area (Å²) >= 11 is 3.68. The zero-order chi connectivity index (χ0) is 5.98. The average molecular weight is 150 g/mol. The highest BCUT2D eigenvalue weighted by Crippen LogP contribution is 2.29. The summed E-state index contributed by atoms with van der Waals surface area (Å²) in [5.74, 6) is 1.85. The number of thioether (sulfide) groups is 2. The second kappa shape index (κ2) is 2.99. The van der Waals surface area contributed by atoms with E-state index < -0.39 is 0 Å². The van der Waals surface area contributed by atoms with Gasteiger partial charge in [0.1, 0.15) is 0 Å². The van der Waals surface area contributed by atoms with Crippen LogP contribution in [-0.4, -0.2) is 27.3 Å². The average Bonchev–Trinajstić information content (AvgIpc) is 1.77. The van der Waals surface area contributed by atoms with E-state index in [1.54, 1.807) is 0 Å². The highest BCUT2D eigenvalue weighted by molar-refractivity contribution is 8.17. The second-order valence-corrected chi connectivity index (χ2v) is 4.93. The van der Waals surface area contributed by atoms with Gasteiger partial charge in [0.25, 0.3) is 0 Å². The SMILES string of the molecule is CC1SCC(O)CS1. The van der Waals surface area contributed by atoms with Gasteiger partial charge in [-0.25, -0.2) is 0 Å². The van der Waals surface area contributed by atoms with Gasteiger partial charge in [-0.2, -0.15) is 0 Å². The summed E-state index contributed by atoms with van der Waals surface area (Å²) in [5.41, 5.74) is 0. The molecule has 0 unspecified atom stereocenters. The lowest BCUT2D eigenvalue weighted by atomic mass is 10.5. The third-order valence-corrected chi connectivity index (χ3v) is 3.96. The lowest BCUT2D eigenvalue weighted by molar-refractivity contribution is 0.224. The summed E-state index contributed by atoms with van der Waals surface area (Å²) in [4.78, 5) is 0. The molecule has 0 saturated carbocycles. The van der Waals surface area contributed by atoms with Gasteiger partial charge in [-0.15, -0.1) is 23.5 Å². The predicted octanol–water partition coefficient (Wildman–Crippen LogP) is 1.17. The van der Waals surface area contributed by atoms with Crippen molar-refractivity contribution in [3.8, 4) is 0 Å². The fourth-order valence-electron chi connectivity index (χ4n) is 0.589. The minimum atomic E-state index is -0.0544. The smallest absolute Gasteiger partial charge is 0.0721 e. The number of rotatable bonds is 0. The number of hydrogen-bond donors (Lipinski definition) is 1. The van der Waals surface area contributed by atoms with E-state index in [1.807, 2.05) is 23.5 Å². The first-order chi connectivity index (χ1) is 3.79. The molecular formula is C5H10OS2. The molecule has 48 valence electrons. The number of hydrogen-bond acceptors (Lipinski definition) is 3. The molecule has 0 radical (unpaired) electrons. The van der Waals surface area contributed by atoms with Crippen LogP contribution >= 0.6 is 23.5 Å². The third kappa shape index (κ3) is 1.88. The molecule has 1 rings (SSSR count). The Morgan fingerprint density at radius 1 is 1.38 bits per heavy atom. The predicted molar refractivity (Wildman–Crippen MR) is 40.4 cm³/mol. The van der Waals surface area contributed by atoms with Crippen LogP contribution in [0.2, 0.25) is 0 Å². The first-order valence-electron chi connectivity index (χ1n) is 2.70. The van der Waals surface area contributed by atoms with Crippen LogP contribution in [0.3, 0.4) is 0 Å². The molecule has 0 atom stereocenters. The van der Waals surface area contributed by atoms with Gasteiger partial charge < -0.3 is 5.11 Å². The fourth-order valence-corrected chi connectivity index (χ4v) is 2.82. The molecule has 0 aliphatic carbocycles. The molecular weight excluding hydrogens is 140 g/mol. The van der Waals surface area contributed by atoms with E-state index in [4.69, 9.17) is 5.11 Å². The monoisotopic (exact) mass is 150 g/mol. The number of aliphatic hydroxyl groups is 1. The summed E-state index contributed by atoms with van der Waals surface area (Å²) in [5, 5.41) is 8.99. The van der Waals surface area contributed by atoms with Gasteiger partial charge in [-0.3, -0.25) is 0 Å². The first-order valence-corrected chi connectivity index (χ1v) is 4.80. The standard InChI is InChI=1S/C5H10OS2/c1-4-7-2-5(6)3-8-4/h4-6H,2-3H2,1H3. The van der Waals surface area contributed by atoms with Crippen molar-refractivity contribution in [2.45, 2.75) is 17.6 Å². The van der Waals surface area contributed by atoms with Crippen LogP contribution in [0.1, 0.15) is 6.92 Å². The zero-order valence-electron chi connectivity index (χ0n) is 4.83. The summed E-state index contributed by atoms with van der Waals surface area (Å²) in [6, 6.07) is 0. The molecule has 1 heterocycles. The third-order valence-electron chi connectivity index (χ3n) is 1.05. The van der Waals surface area contributed by atoms with Crippen LogP contribution in [-0.2, 0) is 0 Å². The van der Waals surface area contributed by atoms with Gasteiger partial charge in [0, 0.05) is 16.1 Å². The Morgan fingerprint density at radius 3 is 2.25 bits per heavy atom. The number of aliphatic hydroxyl groups excluding tert-OH is 1. The minimum Gasteiger partial charge on any atom is -0.391 e. The maximum absolute atomic E-state index is 8.99. The summed E-state index contributed by atoms with van der Waals surface area (Å²) in [6.45, 7) is 2.18. The van der Waals surface area contributed by atoms with Gasteiger partial charge in [0.15, 0.2) is 0 Å². The summed E-state index contributed by atoms with van der Waals surface area (Å²) in [7, 11) is 0. The summed E-state index contributed by atoms with van der Waals surface area (Å²) in [6.07, 6.45) is -0.0544. The first kappa shape index (κ1) is 6.78. The van der Waals surface area contributed by atoms with Gasteiger partial charge >= 0.3 is 0 Å². The van der Waals surface area contributed by atoms with Crippen molar-refractivity contribution in [2.24, 2.45) is 0 Å². The molecule has 3 heteroatoms. The maximum atomic E-state index is 8.99. The minimum absolute atomic E-state index is 0.0544. The lowest BCUT2D eigenvalue weighted by Gasteiger charge is -2.20. The molecule has 0 spiro atoms. The fraction of sp³-hybridized carbons (Fsp3) is 1.00. The molecule has 0 aromatic rings. The largest absolute Gasteiger partial charge is 0.391 e. The van der Waals surface area contributed by atoms with Crippen molar-refractivity contribution < 1.29 is 5.11 Å². The van der Waals surface area contributed by atoms with Crippen molar-refractivity contribution in [1.82, 2.24) is 0 Å². The molecule has 1 saturated heterocycles. The molecule has 0 aromatic carbocycles. The van der Waals surface area contributed by atoms with Crippen molar-refractivity contribution in [1.29, 1.82) is 0 Å². The molecule has 1 N–H and O–H groups in total. The van der Waals surface area contributed by atoms with E-state index in [0.717, 1.165) is 11.5 Å². The Morgan fingerprint density at radius 2 is 1.88 bits per heavy atom. The molecule has 1 aliphatic heterocycles. The quantitative estimate of drug-likeness (QED) is 0.560. The zero-order valence-corrected chi connectivity index (χ0v) is 6.47. The van der Waals surface area contributed by atoms with E-state index in [9.17, 15) is 0 Å². The van der Waals surface area contributed by atoms with Crippen LogP contribution < -0.4 is 0 Å². The van der Waals surface area contributed by atoms with E-state index in [2.05, 4.69) is 6.92 Å². The van der Waals surface area contributed by atoms with Crippen LogP contribution in [0.4, 0.5) is 0 Å². The molecule has 1 fully saturated rings. The van der Waals surface area contributed by atoms with Crippen molar-refractivity contribution >= 4 is 23.5 Å². The lowest BCUT2D eigenvalue weighted by Crippen LogP contribution is -2.20. The van der Waals surface area contributed by atoms with E-state index in [-0.39, 0.29) is 6.10 Å². The van der Waals surface area contributed by atoms with Gasteiger partial charge in [-0.1, -0.05) is 0 Å². The molecule has 8 heavy (non-hydrogen) atoms. The van der Waals surface area contributed by atoms with Crippen LogP contribution in [0.25, 0.3) is 0 Å². The Labute approximate surface area is 58.2 Å². The maximum Gasteiger partial charge on any atom is 0.0721 e. The van der Waals surface area contributed by atoms with Crippen LogP contribution in [0.5, 0.6) is 0 Å². The Bertz CT molecular complexity index is 58.8. The Hall–Kier alpha value is 0.660. The Kier molecular flexibility index (Phi) is 2.53. The van der Waals surface area contributed by atoms with Gasteiger partial charge in [0.2, 0.25) is 0 Å². The molecule has 0 amide bonds. The van der Waals surface area contributed by atoms with Crippen LogP contribution in [0.15, 0.2) is 0 Å². The topological polar surface area (TPSA) is 20.2 Å².